The Morgan fingerprint density at radius 1 is 1.43 bits per heavy atom. The van der Waals surface area contributed by atoms with E-state index in [1.165, 1.54) is 6.20 Å². The van der Waals surface area contributed by atoms with Crippen LogP contribution >= 0.6 is 0 Å². The van der Waals surface area contributed by atoms with E-state index in [-0.39, 0.29) is 12.1 Å². The van der Waals surface area contributed by atoms with Gasteiger partial charge in [0.15, 0.2) is 5.82 Å². The molecule has 2 aliphatic rings. The van der Waals surface area contributed by atoms with Crippen molar-refractivity contribution in [2.24, 2.45) is 0 Å². The van der Waals surface area contributed by atoms with Crippen LogP contribution in [0.15, 0.2) is 12.3 Å². The highest BCUT2D eigenvalue weighted by molar-refractivity contribution is 5.75. The van der Waals surface area contributed by atoms with Crippen molar-refractivity contribution in [3.63, 3.8) is 0 Å². The van der Waals surface area contributed by atoms with Gasteiger partial charge in [-0.1, -0.05) is 0 Å². The summed E-state index contributed by atoms with van der Waals surface area (Å²) >= 11 is 0. The number of fused-ring (bicyclic) bond motifs is 1. The van der Waals surface area contributed by atoms with E-state index in [4.69, 9.17) is 15.6 Å². The molecule has 1 fully saturated rings. The van der Waals surface area contributed by atoms with Gasteiger partial charge in [-0.05, 0) is 12.8 Å². The molecular weight excluding hydrogens is 384 g/mol. The standard InChI is InChI=1S/C20H26N8O2/c1-23-20(29)27-6-3-17-15(12-27)19(25-28(17)14-4-7-30-8-5-14)26(2)18-9-13(10-21)16(22)11-24-18/h9,11,14H,3-8,12,22H2,1-2H3,(H,23,29). The first-order valence-corrected chi connectivity index (χ1v) is 10.1. The zero-order chi connectivity index (χ0) is 21.3. The highest BCUT2D eigenvalue weighted by Gasteiger charge is 2.32. The number of carbonyl (C=O) groups excluding carboxylic acids is 1. The molecule has 0 unspecified atom stereocenters. The summed E-state index contributed by atoms with van der Waals surface area (Å²) in [6, 6.07) is 3.93. The normalized spacial score (nSPS) is 16.6. The molecule has 0 aliphatic carbocycles. The maximum Gasteiger partial charge on any atom is 0.317 e. The van der Waals surface area contributed by atoms with Crippen molar-refractivity contribution >= 4 is 23.4 Å². The Morgan fingerprint density at radius 3 is 2.90 bits per heavy atom. The summed E-state index contributed by atoms with van der Waals surface area (Å²) in [6.45, 7) is 2.56. The first-order valence-electron chi connectivity index (χ1n) is 10.1. The first kappa shape index (κ1) is 20.0. The van der Waals surface area contributed by atoms with E-state index in [0.29, 0.717) is 30.2 Å². The number of nitriles is 1. The van der Waals surface area contributed by atoms with E-state index in [1.807, 2.05) is 11.9 Å². The Morgan fingerprint density at radius 2 is 2.20 bits per heavy atom. The van der Waals surface area contributed by atoms with Crippen LogP contribution in [0.1, 0.15) is 35.7 Å². The van der Waals surface area contributed by atoms with Crippen LogP contribution in [0.4, 0.5) is 22.1 Å². The van der Waals surface area contributed by atoms with Crippen LogP contribution in [0.25, 0.3) is 0 Å². The summed E-state index contributed by atoms with van der Waals surface area (Å²) in [5.41, 5.74) is 8.71. The van der Waals surface area contributed by atoms with Gasteiger partial charge in [-0.2, -0.15) is 10.4 Å². The summed E-state index contributed by atoms with van der Waals surface area (Å²) in [5.74, 6) is 1.32. The molecule has 0 atom stereocenters. The number of amides is 2. The van der Waals surface area contributed by atoms with Gasteiger partial charge in [0.05, 0.1) is 30.0 Å². The van der Waals surface area contributed by atoms with Crippen molar-refractivity contribution in [2.75, 3.05) is 44.5 Å². The third-order valence-electron chi connectivity index (χ3n) is 5.80. The van der Waals surface area contributed by atoms with Crippen LogP contribution < -0.4 is 16.0 Å². The second-order valence-corrected chi connectivity index (χ2v) is 7.56. The molecule has 2 aromatic rings. The number of nitrogen functional groups attached to an aromatic ring is 1. The average molecular weight is 410 g/mol. The van der Waals surface area contributed by atoms with Crippen LogP contribution in [-0.4, -0.2) is 59.5 Å². The number of carbonyl (C=O) groups is 1. The topological polar surface area (TPSA) is 125 Å². The lowest BCUT2D eigenvalue weighted by molar-refractivity contribution is 0.0651. The number of rotatable bonds is 3. The molecule has 10 nitrogen and oxygen atoms in total. The van der Waals surface area contributed by atoms with E-state index in [2.05, 4.69) is 21.1 Å². The third-order valence-corrected chi connectivity index (χ3v) is 5.80. The fourth-order valence-electron chi connectivity index (χ4n) is 4.10. The number of urea groups is 1. The highest BCUT2D eigenvalue weighted by atomic mass is 16.5. The van der Waals surface area contributed by atoms with E-state index < -0.39 is 0 Å². The van der Waals surface area contributed by atoms with E-state index in [1.54, 1.807) is 18.0 Å². The first-order chi connectivity index (χ1) is 14.5. The van der Waals surface area contributed by atoms with Crippen molar-refractivity contribution in [3.8, 4) is 6.07 Å². The Bertz CT molecular complexity index is 989. The maximum absolute atomic E-state index is 12.3. The molecule has 158 valence electrons. The molecule has 1 saturated heterocycles. The molecule has 2 aromatic heterocycles. The minimum atomic E-state index is -0.106. The molecule has 0 bridgehead atoms. The number of nitrogens with one attached hydrogen (secondary N) is 1. The van der Waals surface area contributed by atoms with E-state index >= 15 is 0 Å². The SMILES string of the molecule is CNC(=O)N1CCc2c(c(N(C)c3cc(C#N)c(N)cn3)nn2C2CCOCC2)C1. The number of anilines is 3. The lowest BCUT2D eigenvalue weighted by Crippen LogP contribution is -2.41. The molecule has 0 saturated carbocycles. The summed E-state index contributed by atoms with van der Waals surface area (Å²) in [6.07, 6.45) is 4.05. The minimum absolute atomic E-state index is 0.106. The minimum Gasteiger partial charge on any atom is -0.396 e. The molecule has 2 amide bonds. The molecular formula is C20H26N8O2. The predicted octanol–water partition coefficient (Wildman–Crippen LogP) is 1.55. The second-order valence-electron chi connectivity index (χ2n) is 7.56. The van der Waals surface area contributed by atoms with Crippen LogP contribution in [0.5, 0.6) is 0 Å². The Kier molecular flexibility index (Phi) is 5.46. The number of hydrogen-bond acceptors (Lipinski definition) is 7. The fraction of sp³-hybridized carbons (Fsp3) is 0.500. The molecule has 3 N–H and O–H groups in total. The van der Waals surface area contributed by atoms with Gasteiger partial charge in [-0.15, -0.1) is 0 Å². The molecule has 4 rings (SSSR count). The Balaban J connectivity index is 1.75. The molecule has 0 spiro atoms. The number of pyridine rings is 1. The predicted molar refractivity (Wildman–Crippen MR) is 111 cm³/mol. The van der Waals surface area contributed by atoms with Gasteiger partial charge < -0.3 is 25.6 Å². The van der Waals surface area contributed by atoms with Crippen LogP contribution in [0.2, 0.25) is 0 Å². The lowest BCUT2D eigenvalue weighted by atomic mass is 10.0. The third kappa shape index (κ3) is 3.52. The fourth-order valence-corrected chi connectivity index (χ4v) is 4.10. The van der Waals surface area contributed by atoms with Crippen LogP contribution in [0.3, 0.4) is 0 Å². The quantitative estimate of drug-likeness (QED) is 0.786. The van der Waals surface area contributed by atoms with Crippen molar-refractivity contribution in [2.45, 2.75) is 31.8 Å². The average Bonchev–Trinajstić information content (AvgIpc) is 3.17. The molecule has 2 aliphatic heterocycles. The van der Waals surface area contributed by atoms with Crippen LogP contribution in [-0.2, 0) is 17.7 Å². The van der Waals surface area contributed by atoms with Gasteiger partial charge in [0.2, 0.25) is 0 Å². The summed E-state index contributed by atoms with van der Waals surface area (Å²) in [4.78, 5) is 20.3. The molecule has 4 heterocycles. The van der Waals surface area contributed by atoms with Gasteiger partial charge in [-0.3, -0.25) is 4.68 Å². The smallest absolute Gasteiger partial charge is 0.317 e. The number of ether oxygens (including phenoxy) is 1. The number of nitrogens with two attached hydrogens (primary N) is 1. The summed E-state index contributed by atoms with van der Waals surface area (Å²) in [5, 5.41) is 17.0. The van der Waals surface area contributed by atoms with E-state index in [0.717, 1.165) is 49.6 Å². The molecule has 10 heteroatoms. The van der Waals surface area contributed by atoms with Gasteiger partial charge in [0, 0.05) is 57.6 Å². The second kappa shape index (κ2) is 8.20. The van der Waals surface area contributed by atoms with Gasteiger partial charge in [0.25, 0.3) is 0 Å². The highest BCUT2D eigenvalue weighted by Crippen LogP contribution is 2.35. The van der Waals surface area contributed by atoms with E-state index in [9.17, 15) is 10.1 Å². The molecule has 0 radical (unpaired) electrons. The van der Waals surface area contributed by atoms with Gasteiger partial charge >= 0.3 is 6.03 Å². The summed E-state index contributed by atoms with van der Waals surface area (Å²) < 4.78 is 7.64. The number of hydrogen-bond donors (Lipinski definition) is 2. The monoisotopic (exact) mass is 410 g/mol. The number of aromatic nitrogens is 3. The van der Waals surface area contributed by atoms with Gasteiger partial charge in [0.1, 0.15) is 11.9 Å². The molecule has 30 heavy (non-hydrogen) atoms. The van der Waals surface area contributed by atoms with Gasteiger partial charge in [-0.25, -0.2) is 9.78 Å². The zero-order valence-electron chi connectivity index (χ0n) is 17.3. The maximum atomic E-state index is 12.3. The Hall–Kier alpha value is -3.32. The van der Waals surface area contributed by atoms with Crippen molar-refractivity contribution < 1.29 is 9.53 Å². The lowest BCUT2D eigenvalue weighted by Gasteiger charge is -2.30. The van der Waals surface area contributed by atoms with Crippen molar-refractivity contribution in [1.82, 2.24) is 25.0 Å². The van der Waals surface area contributed by atoms with Crippen LogP contribution in [0, 0.1) is 11.3 Å². The summed E-state index contributed by atoms with van der Waals surface area (Å²) in [7, 11) is 3.51. The van der Waals surface area contributed by atoms with Crippen molar-refractivity contribution in [3.05, 3.63) is 29.1 Å². The Labute approximate surface area is 175 Å². The zero-order valence-corrected chi connectivity index (χ0v) is 17.3. The molecule has 0 aromatic carbocycles. The number of nitrogens with zero attached hydrogens (tertiary/aromatic N) is 6. The largest absolute Gasteiger partial charge is 0.396 e. The van der Waals surface area contributed by atoms with Crippen molar-refractivity contribution in [1.29, 1.82) is 5.26 Å².